The second kappa shape index (κ2) is 5.24. The summed E-state index contributed by atoms with van der Waals surface area (Å²) in [4.78, 5) is 29.3. The zero-order valence-electron chi connectivity index (χ0n) is 12.4. The number of aromatic nitrogens is 4. The number of rotatable bonds is 4. The van der Waals surface area contributed by atoms with Crippen molar-refractivity contribution in [3.63, 3.8) is 0 Å². The van der Waals surface area contributed by atoms with Gasteiger partial charge in [0.2, 0.25) is 0 Å². The molecule has 0 spiro atoms. The van der Waals surface area contributed by atoms with Gasteiger partial charge in [-0.15, -0.1) is 0 Å². The molecule has 0 atom stereocenters. The van der Waals surface area contributed by atoms with Crippen LogP contribution < -0.4 is 17.0 Å². The average Bonchev–Trinajstić information content (AvgIpc) is 2.67. The summed E-state index contributed by atoms with van der Waals surface area (Å²) >= 11 is 0. The first kappa shape index (κ1) is 14.5. The van der Waals surface area contributed by atoms with E-state index in [1.165, 1.54) is 4.57 Å². The highest BCUT2D eigenvalue weighted by atomic mass is 16.2. The third-order valence-electron chi connectivity index (χ3n) is 3.37. The lowest BCUT2D eigenvalue weighted by Gasteiger charge is -2.12. The Kier molecular flexibility index (Phi) is 3.80. The topological polar surface area (TPSA) is 87.8 Å². The van der Waals surface area contributed by atoms with Crippen molar-refractivity contribution in [3.05, 3.63) is 26.7 Å². The predicted molar refractivity (Wildman–Crippen MR) is 77.9 cm³/mol. The first-order valence-electron chi connectivity index (χ1n) is 6.75. The van der Waals surface area contributed by atoms with E-state index in [4.69, 9.17) is 5.73 Å². The van der Waals surface area contributed by atoms with Gasteiger partial charge in [-0.25, -0.2) is 9.78 Å². The van der Waals surface area contributed by atoms with Crippen molar-refractivity contribution in [1.29, 1.82) is 0 Å². The van der Waals surface area contributed by atoms with Crippen LogP contribution in [0.15, 0.2) is 9.59 Å². The molecular weight excluding hydrogens is 258 g/mol. The zero-order valence-corrected chi connectivity index (χ0v) is 12.4. The standard InChI is InChI=1S/C13H21N5O2/c1-8(2)7-18-11-10(16(4)9(3)15-11)12(19)17(6-5-14)13(18)20/h8H,5-7,14H2,1-4H3. The summed E-state index contributed by atoms with van der Waals surface area (Å²) in [5.74, 6) is 0.988. The minimum atomic E-state index is -0.334. The van der Waals surface area contributed by atoms with E-state index in [1.54, 1.807) is 16.2 Å². The summed E-state index contributed by atoms with van der Waals surface area (Å²) in [6, 6.07) is 0. The third kappa shape index (κ3) is 2.18. The number of aryl methyl sites for hydroxylation is 2. The van der Waals surface area contributed by atoms with Crippen LogP contribution in [0.3, 0.4) is 0 Å². The average molecular weight is 279 g/mol. The molecule has 0 aliphatic carbocycles. The monoisotopic (exact) mass is 279 g/mol. The van der Waals surface area contributed by atoms with E-state index >= 15 is 0 Å². The molecule has 2 rings (SSSR count). The molecule has 0 aliphatic heterocycles. The van der Waals surface area contributed by atoms with Crippen molar-refractivity contribution in [2.24, 2.45) is 18.7 Å². The Morgan fingerprint density at radius 1 is 1.25 bits per heavy atom. The summed E-state index contributed by atoms with van der Waals surface area (Å²) < 4.78 is 4.50. The van der Waals surface area contributed by atoms with Gasteiger partial charge in [0.1, 0.15) is 5.82 Å². The largest absolute Gasteiger partial charge is 0.332 e. The van der Waals surface area contributed by atoms with E-state index in [0.29, 0.717) is 23.5 Å². The third-order valence-corrected chi connectivity index (χ3v) is 3.37. The molecule has 20 heavy (non-hydrogen) atoms. The lowest BCUT2D eigenvalue weighted by atomic mass is 10.2. The van der Waals surface area contributed by atoms with Gasteiger partial charge in [-0.1, -0.05) is 13.8 Å². The van der Waals surface area contributed by atoms with E-state index in [9.17, 15) is 9.59 Å². The fourth-order valence-corrected chi connectivity index (χ4v) is 2.33. The molecule has 2 N–H and O–H groups in total. The number of fused-ring (bicyclic) bond motifs is 1. The highest BCUT2D eigenvalue weighted by Gasteiger charge is 2.18. The highest BCUT2D eigenvalue weighted by molar-refractivity contribution is 5.70. The Morgan fingerprint density at radius 3 is 2.45 bits per heavy atom. The smallest absolute Gasteiger partial charge is 0.329 e. The quantitative estimate of drug-likeness (QED) is 0.841. The zero-order chi connectivity index (χ0) is 15.0. The van der Waals surface area contributed by atoms with Crippen LogP contribution in [0.1, 0.15) is 19.7 Å². The van der Waals surface area contributed by atoms with Gasteiger partial charge in [0.05, 0.1) is 0 Å². The van der Waals surface area contributed by atoms with Gasteiger partial charge in [-0.05, 0) is 12.8 Å². The van der Waals surface area contributed by atoms with Crippen molar-refractivity contribution >= 4 is 11.2 Å². The van der Waals surface area contributed by atoms with Gasteiger partial charge in [-0.2, -0.15) is 0 Å². The number of nitrogens with zero attached hydrogens (tertiary/aromatic N) is 4. The molecule has 7 nitrogen and oxygen atoms in total. The summed E-state index contributed by atoms with van der Waals surface area (Å²) in [5.41, 5.74) is 5.77. The van der Waals surface area contributed by atoms with Crippen molar-refractivity contribution in [1.82, 2.24) is 18.7 Å². The van der Waals surface area contributed by atoms with Crippen LogP contribution >= 0.6 is 0 Å². The first-order chi connectivity index (χ1) is 9.38. The molecule has 0 bridgehead atoms. The lowest BCUT2D eigenvalue weighted by Crippen LogP contribution is -2.42. The Morgan fingerprint density at radius 2 is 1.90 bits per heavy atom. The molecule has 110 valence electrons. The molecule has 2 heterocycles. The number of hydrogen-bond donors (Lipinski definition) is 1. The minimum Gasteiger partial charge on any atom is -0.329 e. The van der Waals surface area contributed by atoms with Gasteiger partial charge >= 0.3 is 5.69 Å². The van der Waals surface area contributed by atoms with Gasteiger partial charge in [0.15, 0.2) is 11.2 Å². The molecule has 0 unspecified atom stereocenters. The molecule has 0 aliphatic rings. The fraction of sp³-hybridized carbons (Fsp3) is 0.615. The Bertz CT molecular complexity index is 751. The maximum Gasteiger partial charge on any atom is 0.332 e. The van der Waals surface area contributed by atoms with Crippen molar-refractivity contribution < 1.29 is 0 Å². The molecule has 0 saturated carbocycles. The Balaban J connectivity index is 2.92. The van der Waals surface area contributed by atoms with E-state index in [-0.39, 0.29) is 30.3 Å². The molecule has 7 heteroatoms. The second-order valence-corrected chi connectivity index (χ2v) is 5.42. The number of nitrogens with two attached hydrogens (primary N) is 1. The van der Waals surface area contributed by atoms with Crippen LogP contribution in [0.4, 0.5) is 0 Å². The number of imidazole rings is 1. The summed E-state index contributed by atoms with van der Waals surface area (Å²) in [6.45, 7) is 6.85. The SMILES string of the molecule is Cc1nc2c(c(=O)n(CCN)c(=O)n2CC(C)C)n1C. The maximum absolute atomic E-state index is 12.5. The molecule has 0 fully saturated rings. The van der Waals surface area contributed by atoms with Crippen LogP contribution in [-0.2, 0) is 20.1 Å². The Hall–Kier alpha value is -1.89. The van der Waals surface area contributed by atoms with Crippen LogP contribution in [0.2, 0.25) is 0 Å². The van der Waals surface area contributed by atoms with Gasteiger partial charge < -0.3 is 10.3 Å². The molecule has 2 aromatic heterocycles. The summed E-state index contributed by atoms with van der Waals surface area (Å²) in [7, 11) is 1.78. The van der Waals surface area contributed by atoms with Gasteiger partial charge in [0.25, 0.3) is 5.56 Å². The molecule has 2 aromatic rings. The van der Waals surface area contributed by atoms with E-state index in [1.807, 2.05) is 20.8 Å². The molecule has 0 amide bonds. The van der Waals surface area contributed by atoms with Crippen LogP contribution in [0, 0.1) is 12.8 Å². The maximum atomic E-state index is 12.5. The van der Waals surface area contributed by atoms with Crippen LogP contribution in [0.25, 0.3) is 11.2 Å². The van der Waals surface area contributed by atoms with E-state index in [0.717, 1.165) is 0 Å². The molecule has 0 saturated heterocycles. The molecule has 0 radical (unpaired) electrons. The number of hydrogen-bond acceptors (Lipinski definition) is 4. The lowest BCUT2D eigenvalue weighted by molar-refractivity contribution is 0.488. The minimum absolute atomic E-state index is 0.218. The second-order valence-electron chi connectivity index (χ2n) is 5.42. The highest BCUT2D eigenvalue weighted by Crippen LogP contribution is 2.10. The summed E-state index contributed by atoms with van der Waals surface area (Å²) in [5, 5.41) is 0. The molecule has 0 aromatic carbocycles. The fourth-order valence-electron chi connectivity index (χ4n) is 2.33. The van der Waals surface area contributed by atoms with Gasteiger partial charge in [0, 0.05) is 26.7 Å². The van der Waals surface area contributed by atoms with Crippen LogP contribution in [0.5, 0.6) is 0 Å². The normalized spacial score (nSPS) is 11.7. The van der Waals surface area contributed by atoms with E-state index < -0.39 is 0 Å². The Labute approximate surface area is 116 Å². The molecular formula is C13H21N5O2. The van der Waals surface area contributed by atoms with Crippen molar-refractivity contribution in [2.75, 3.05) is 6.54 Å². The first-order valence-corrected chi connectivity index (χ1v) is 6.75. The van der Waals surface area contributed by atoms with E-state index in [2.05, 4.69) is 4.98 Å². The van der Waals surface area contributed by atoms with Gasteiger partial charge in [-0.3, -0.25) is 13.9 Å². The van der Waals surface area contributed by atoms with Crippen LogP contribution in [-0.4, -0.2) is 25.2 Å². The predicted octanol–water partition coefficient (Wildman–Crippen LogP) is -0.180. The van der Waals surface area contributed by atoms with Crippen molar-refractivity contribution in [2.45, 2.75) is 33.9 Å². The van der Waals surface area contributed by atoms with Crippen molar-refractivity contribution in [3.8, 4) is 0 Å². The summed E-state index contributed by atoms with van der Waals surface area (Å²) in [6.07, 6.45) is 0.